The Morgan fingerprint density at radius 1 is 1.30 bits per heavy atom. The average Bonchev–Trinajstić information content (AvgIpc) is 3.28. The molecule has 1 amide bonds. The van der Waals surface area contributed by atoms with Gasteiger partial charge in [0, 0.05) is 11.5 Å². The van der Waals surface area contributed by atoms with Gasteiger partial charge in [-0.3, -0.25) is 4.79 Å². The Labute approximate surface area is 133 Å². The highest BCUT2D eigenvalue weighted by molar-refractivity contribution is 5.82. The maximum absolute atomic E-state index is 12.3. The van der Waals surface area contributed by atoms with Crippen molar-refractivity contribution in [2.45, 2.75) is 25.8 Å². The van der Waals surface area contributed by atoms with E-state index < -0.39 is 0 Å². The first-order chi connectivity index (χ1) is 11.2. The van der Waals surface area contributed by atoms with Gasteiger partial charge in [-0.1, -0.05) is 11.2 Å². The summed E-state index contributed by atoms with van der Waals surface area (Å²) in [6.45, 7) is 3.48. The summed E-state index contributed by atoms with van der Waals surface area (Å²) >= 11 is 0. The number of ether oxygens (including phenoxy) is 2. The second-order valence-electron chi connectivity index (χ2n) is 6.01. The number of nitrogens with zero attached hydrogens (tertiary/aromatic N) is 1. The number of aryl methyl sites for hydroxylation is 1. The monoisotopic (exact) mass is 314 g/mol. The molecular weight excluding hydrogens is 296 g/mol. The van der Waals surface area contributed by atoms with E-state index in [2.05, 4.69) is 10.5 Å². The Kier molecular flexibility index (Phi) is 3.44. The van der Waals surface area contributed by atoms with Gasteiger partial charge in [-0.2, -0.15) is 0 Å². The standard InChI is InChI=1S/C17H18N2O4/c1-10-9-23-19-14(10)8-18-17(20)13-7-12(13)11-2-3-15-16(6-11)22-5-4-21-15/h2-3,6,9,12-13H,4-5,7-8H2,1H3,(H,18,20). The van der Waals surface area contributed by atoms with E-state index in [1.165, 1.54) is 0 Å². The molecule has 1 aromatic heterocycles. The Bertz CT molecular complexity index is 740. The molecule has 6 nitrogen and oxygen atoms in total. The summed E-state index contributed by atoms with van der Waals surface area (Å²) in [7, 11) is 0. The zero-order valence-corrected chi connectivity index (χ0v) is 12.9. The lowest BCUT2D eigenvalue weighted by molar-refractivity contribution is -0.122. The second-order valence-corrected chi connectivity index (χ2v) is 6.01. The van der Waals surface area contributed by atoms with Crippen LogP contribution in [0.1, 0.15) is 29.2 Å². The summed E-state index contributed by atoms with van der Waals surface area (Å²) in [5.41, 5.74) is 2.85. The van der Waals surface area contributed by atoms with Gasteiger partial charge in [0.15, 0.2) is 11.5 Å². The van der Waals surface area contributed by atoms with Crippen LogP contribution >= 0.6 is 0 Å². The molecule has 120 valence electrons. The van der Waals surface area contributed by atoms with Gasteiger partial charge in [0.2, 0.25) is 5.91 Å². The summed E-state index contributed by atoms with van der Waals surface area (Å²) in [5, 5.41) is 6.81. The molecule has 2 heterocycles. The van der Waals surface area contributed by atoms with Gasteiger partial charge in [-0.05, 0) is 37.0 Å². The highest BCUT2D eigenvalue weighted by Gasteiger charge is 2.44. The number of nitrogens with one attached hydrogen (secondary N) is 1. The summed E-state index contributed by atoms with van der Waals surface area (Å²) < 4.78 is 16.0. The molecule has 0 spiro atoms. The van der Waals surface area contributed by atoms with E-state index >= 15 is 0 Å². The summed E-state index contributed by atoms with van der Waals surface area (Å²) in [5.74, 6) is 1.89. The van der Waals surface area contributed by atoms with Crippen molar-refractivity contribution in [1.82, 2.24) is 10.5 Å². The fourth-order valence-electron chi connectivity index (χ4n) is 2.93. The van der Waals surface area contributed by atoms with Gasteiger partial charge in [0.25, 0.3) is 0 Å². The molecule has 2 aromatic rings. The zero-order chi connectivity index (χ0) is 15.8. The van der Waals surface area contributed by atoms with Gasteiger partial charge < -0.3 is 19.3 Å². The lowest BCUT2D eigenvalue weighted by Gasteiger charge is -2.18. The van der Waals surface area contributed by atoms with Crippen LogP contribution in [0.25, 0.3) is 0 Å². The van der Waals surface area contributed by atoms with Crippen LogP contribution in [0.5, 0.6) is 11.5 Å². The Hall–Kier alpha value is -2.50. The minimum atomic E-state index is 0.0183. The van der Waals surface area contributed by atoms with E-state index in [1.54, 1.807) is 6.26 Å². The molecule has 2 unspecified atom stereocenters. The summed E-state index contributed by atoms with van der Waals surface area (Å²) in [4.78, 5) is 12.3. The molecule has 1 fully saturated rings. The molecule has 0 bridgehead atoms. The van der Waals surface area contributed by atoms with Crippen molar-refractivity contribution in [3.63, 3.8) is 0 Å². The van der Waals surface area contributed by atoms with E-state index in [1.807, 2.05) is 25.1 Å². The molecule has 6 heteroatoms. The van der Waals surface area contributed by atoms with Gasteiger partial charge >= 0.3 is 0 Å². The number of amides is 1. The molecule has 1 aliphatic carbocycles. The Morgan fingerprint density at radius 2 is 2.13 bits per heavy atom. The summed E-state index contributed by atoms with van der Waals surface area (Å²) in [6, 6.07) is 5.94. The molecule has 4 rings (SSSR count). The normalized spacial score (nSPS) is 21.8. The maximum atomic E-state index is 12.3. The third kappa shape index (κ3) is 2.76. The van der Waals surface area contributed by atoms with Crippen LogP contribution in [0, 0.1) is 12.8 Å². The molecule has 0 saturated heterocycles. The van der Waals surface area contributed by atoms with Crippen LogP contribution in [0.4, 0.5) is 0 Å². The highest BCUT2D eigenvalue weighted by atomic mass is 16.6. The van der Waals surface area contributed by atoms with Crippen molar-refractivity contribution < 1.29 is 18.8 Å². The molecule has 1 aromatic carbocycles. The number of hydrogen-bond donors (Lipinski definition) is 1. The maximum Gasteiger partial charge on any atom is 0.224 e. The molecule has 1 N–H and O–H groups in total. The van der Waals surface area contributed by atoms with Crippen LogP contribution in [0.3, 0.4) is 0 Å². The first kappa shape index (κ1) is 14.1. The van der Waals surface area contributed by atoms with E-state index in [-0.39, 0.29) is 17.7 Å². The highest BCUT2D eigenvalue weighted by Crippen LogP contribution is 2.49. The number of hydrogen-bond acceptors (Lipinski definition) is 5. The number of benzene rings is 1. The Balaban J connectivity index is 1.38. The molecule has 2 atom stereocenters. The topological polar surface area (TPSA) is 73.6 Å². The van der Waals surface area contributed by atoms with Crippen molar-refractivity contribution in [1.29, 1.82) is 0 Å². The van der Waals surface area contributed by atoms with E-state index in [4.69, 9.17) is 14.0 Å². The smallest absolute Gasteiger partial charge is 0.224 e. The van der Waals surface area contributed by atoms with Gasteiger partial charge in [-0.25, -0.2) is 0 Å². The average molecular weight is 314 g/mol. The van der Waals surface area contributed by atoms with Crippen molar-refractivity contribution in [3.05, 3.63) is 41.3 Å². The lowest BCUT2D eigenvalue weighted by Crippen LogP contribution is -2.25. The van der Waals surface area contributed by atoms with Crippen LogP contribution in [-0.2, 0) is 11.3 Å². The second kappa shape index (κ2) is 5.61. The minimum Gasteiger partial charge on any atom is -0.486 e. The summed E-state index contributed by atoms with van der Waals surface area (Å²) in [6.07, 6.45) is 2.44. The minimum absolute atomic E-state index is 0.0183. The van der Waals surface area contributed by atoms with Crippen molar-refractivity contribution >= 4 is 5.91 Å². The SMILES string of the molecule is Cc1conc1CNC(=O)C1CC1c1ccc2c(c1)OCCO2. The van der Waals surface area contributed by atoms with Gasteiger partial charge in [0.05, 0.1) is 6.54 Å². The number of rotatable bonds is 4. The zero-order valence-electron chi connectivity index (χ0n) is 12.9. The van der Waals surface area contributed by atoms with Crippen LogP contribution in [0.2, 0.25) is 0 Å². The van der Waals surface area contributed by atoms with Crippen molar-refractivity contribution in [2.75, 3.05) is 13.2 Å². The molecule has 2 aliphatic rings. The van der Waals surface area contributed by atoms with Crippen molar-refractivity contribution in [3.8, 4) is 11.5 Å². The molecule has 1 saturated carbocycles. The fraction of sp³-hybridized carbons (Fsp3) is 0.412. The number of carbonyl (C=O) groups is 1. The van der Waals surface area contributed by atoms with Crippen molar-refractivity contribution in [2.24, 2.45) is 5.92 Å². The van der Waals surface area contributed by atoms with Gasteiger partial charge in [0.1, 0.15) is 25.2 Å². The molecular formula is C17H18N2O4. The van der Waals surface area contributed by atoms with Crippen LogP contribution < -0.4 is 14.8 Å². The van der Waals surface area contributed by atoms with E-state index in [0.29, 0.717) is 19.8 Å². The first-order valence-electron chi connectivity index (χ1n) is 7.79. The van der Waals surface area contributed by atoms with Gasteiger partial charge in [-0.15, -0.1) is 0 Å². The fourth-order valence-corrected chi connectivity index (χ4v) is 2.93. The van der Waals surface area contributed by atoms with Crippen LogP contribution in [-0.4, -0.2) is 24.3 Å². The third-order valence-corrected chi connectivity index (χ3v) is 4.40. The number of carbonyl (C=O) groups excluding carboxylic acids is 1. The van der Waals surface area contributed by atoms with E-state index in [9.17, 15) is 4.79 Å². The quantitative estimate of drug-likeness (QED) is 0.936. The van der Waals surface area contributed by atoms with E-state index in [0.717, 1.165) is 34.7 Å². The number of aromatic nitrogens is 1. The largest absolute Gasteiger partial charge is 0.486 e. The Morgan fingerprint density at radius 3 is 2.91 bits per heavy atom. The predicted octanol–water partition coefficient (Wildman–Crippen LogP) is 2.17. The molecule has 23 heavy (non-hydrogen) atoms. The van der Waals surface area contributed by atoms with Crippen LogP contribution in [0.15, 0.2) is 29.0 Å². The predicted molar refractivity (Wildman–Crippen MR) is 81.4 cm³/mol. The number of fused-ring (bicyclic) bond motifs is 1. The third-order valence-electron chi connectivity index (χ3n) is 4.40. The lowest BCUT2D eigenvalue weighted by atomic mass is 10.1. The molecule has 1 aliphatic heterocycles. The molecule has 0 radical (unpaired) electrons. The first-order valence-corrected chi connectivity index (χ1v) is 7.79.